The molecule has 0 spiro atoms. The molecule has 0 aromatic heterocycles. The van der Waals surface area contributed by atoms with E-state index in [1.165, 1.54) is 5.56 Å². The van der Waals surface area contributed by atoms with Crippen LogP contribution < -0.4 is 0 Å². The molecule has 0 bridgehead atoms. The molecule has 0 amide bonds. The number of ketones is 2. The van der Waals surface area contributed by atoms with Crippen molar-refractivity contribution in [2.75, 3.05) is 5.75 Å². The minimum absolute atomic E-state index is 0.217. The number of rotatable bonds is 12. The Labute approximate surface area is 155 Å². The second-order valence-electron chi connectivity index (χ2n) is 6.22. The summed E-state index contributed by atoms with van der Waals surface area (Å²) in [6, 6.07) is 19.7. The summed E-state index contributed by atoms with van der Waals surface area (Å²) in [6.45, 7) is 0. The van der Waals surface area contributed by atoms with Gasteiger partial charge in [0.1, 0.15) is 5.78 Å². The highest BCUT2D eigenvalue weighted by atomic mass is 32.2. The van der Waals surface area contributed by atoms with Gasteiger partial charge in [-0.15, -0.1) is 11.8 Å². The summed E-state index contributed by atoms with van der Waals surface area (Å²) in [5.41, 5.74) is 2.07. The van der Waals surface area contributed by atoms with Crippen LogP contribution in [0.2, 0.25) is 0 Å². The van der Waals surface area contributed by atoms with E-state index >= 15 is 0 Å². The van der Waals surface area contributed by atoms with Crippen molar-refractivity contribution in [1.82, 2.24) is 0 Å². The van der Waals surface area contributed by atoms with E-state index in [4.69, 9.17) is 0 Å². The Morgan fingerprint density at radius 2 is 1.32 bits per heavy atom. The molecule has 0 heterocycles. The van der Waals surface area contributed by atoms with Crippen LogP contribution in [0.1, 0.15) is 54.4 Å². The number of hydrogen-bond donors (Lipinski definition) is 0. The summed E-state index contributed by atoms with van der Waals surface area (Å²) in [5, 5.41) is 0. The molecule has 0 atom stereocenters. The first-order chi connectivity index (χ1) is 12.3. The van der Waals surface area contributed by atoms with Crippen LogP contribution >= 0.6 is 11.8 Å². The Kier molecular flexibility index (Phi) is 9.06. The number of hydrogen-bond acceptors (Lipinski definition) is 3. The van der Waals surface area contributed by atoms with E-state index < -0.39 is 0 Å². The lowest BCUT2D eigenvalue weighted by molar-refractivity contribution is -0.116. The summed E-state index contributed by atoms with van der Waals surface area (Å²) in [7, 11) is 0. The molecular formula is C22H26O2S. The molecule has 0 aliphatic heterocycles. The normalized spacial score (nSPS) is 10.6. The standard InChI is InChI=1S/C22H26O2S/c23-21(18-25-17-19-11-5-3-6-12-19)15-9-1-2-10-16-22(24)20-13-7-4-8-14-20/h3-8,11-14H,1-2,9-10,15-18H2. The molecule has 25 heavy (non-hydrogen) atoms. The van der Waals surface area contributed by atoms with Gasteiger partial charge in [0, 0.05) is 24.2 Å². The second-order valence-corrected chi connectivity index (χ2v) is 7.21. The monoisotopic (exact) mass is 354 g/mol. The number of unbranched alkanes of at least 4 members (excludes halogenated alkanes) is 3. The van der Waals surface area contributed by atoms with Crippen molar-refractivity contribution in [3.63, 3.8) is 0 Å². The average molecular weight is 355 g/mol. The Hall–Kier alpha value is -1.87. The number of benzene rings is 2. The number of thioether (sulfide) groups is 1. The van der Waals surface area contributed by atoms with Crippen LogP contribution in [0.5, 0.6) is 0 Å². The Morgan fingerprint density at radius 1 is 0.720 bits per heavy atom. The van der Waals surface area contributed by atoms with Crippen LogP contribution in [-0.4, -0.2) is 17.3 Å². The molecule has 0 aliphatic carbocycles. The molecule has 0 aliphatic rings. The zero-order valence-electron chi connectivity index (χ0n) is 14.7. The zero-order chi connectivity index (χ0) is 17.7. The van der Waals surface area contributed by atoms with E-state index in [1.54, 1.807) is 11.8 Å². The minimum atomic E-state index is 0.217. The highest BCUT2D eigenvalue weighted by Gasteiger charge is 2.05. The number of Topliss-reactive ketones (excluding diaryl/α,β-unsaturated/α-hetero) is 2. The third-order valence-corrected chi connectivity index (χ3v) is 5.14. The van der Waals surface area contributed by atoms with E-state index in [0.29, 0.717) is 24.4 Å². The fourth-order valence-corrected chi connectivity index (χ4v) is 3.56. The van der Waals surface area contributed by atoms with Crippen LogP contribution in [0.25, 0.3) is 0 Å². The van der Waals surface area contributed by atoms with Crippen molar-refractivity contribution in [3.05, 3.63) is 71.8 Å². The predicted octanol–water partition coefficient (Wildman–Crippen LogP) is 5.71. The van der Waals surface area contributed by atoms with Gasteiger partial charge >= 0.3 is 0 Å². The summed E-state index contributed by atoms with van der Waals surface area (Å²) >= 11 is 1.69. The molecule has 0 fully saturated rings. The van der Waals surface area contributed by atoms with Crippen LogP contribution in [0.3, 0.4) is 0 Å². The van der Waals surface area contributed by atoms with Gasteiger partial charge in [-0.2, -0.15) is 0 Å². The van der Waals surface area contributed by atoms with Crippen molar-refractivity contribution >= 4 is 23.3 Å². The molecule has 2 aromatic carbocycles. The van der Waals surface area contributed by atoms with Gasteiger partial charge in [0.05, 0.1) is 5.75 Å². The molecule has 0 saturated heterocycles. The second kappa shape index (κ2) is 11.6. The SMILES string of the molecule is O=C(CCCCCCC(=O)c1ccccc1)CSCc1ccccc1. The van der Waals surface area contributed by atoms with Crippen molar-refractivity contribution < 1.29 is 9.59 Å². The van der Waals surface area contributed by atoms with Crippen molar-refractivity contribution in [2.24, 2.45) is 0 Å². The first-order valence-corrected chi connectivity index (χ1v) is 10.1. The first-order valence-electron chi connectivity index (χ1n) is 8.97. The van der Waals surface area contributed by atoms with E-state index in [0.717, 1.165) is 37.0 Å². The topological polar surface area (TPSA) is 34.1 Å². The van der Waals surface area contributed by atoms with Crippen LogP contribution in [0.4, 0.5) is 0 Å². The molecular weight excluding hydrogens is 328 g/mol. The maximum atomic E-state index is 12.0. The van der Waals surface area contributed by atoms with E-state index in [-0.39, 0.29) is 5.78 Å². The van der Waals surface area contributed by atoms with Crippen molar-refractivity contribution in [2.45, 2.75) is 44.3 Å². The van der Waals surface area contributed by atoms with Gasteiger partial charge in [-0.25, -0.2) is 0 Å². The third-order valence-electron chi connectivity index (χ3n) is 4.08. The maximum absolute atomic E-state index is 12.0. The maximum Gasteiger partial charge on any atom is 0.162 e. The quantitative estimate of drug-likeness (QED) is 0.361. The lowest BCUT2D eigenvalue weighted by Crippen LogP contribution is -2.02. The first kappa shape index (κ1) is 19.5. The van der Waals surface area contributed by atoms with Gasteiger partial charge < -0.3 is 0 Å². The van der Waals surface area contributed by atoms with Crippen LogP contribution in [0, 0.1) is 0 Å². The van der Waals surface area contributed by atoms with E-state index in [1.807, 2.05) is 48.5 Å². The molecule has 0 radical (unpaired) electrons. The molecule has 0 unspecified atom stereocenters. The molecule has 0 saturated carbocycles. The van der Waals surface area contributed by atoms with Gasteiger partial charge in [-0.3, -0.25) is 9.59 Å². The fourth-order valence-electron chi connectivity index (χ4n) is 2.66. The van der Waals surface area contributed by atoms with Crippen LogP contribution in [-0.2, 0) is 10.5 Å². The van der Waals surface area contributed by atoms with Gasteiger partial charge in [0.25, 0.3) is 0 Å². The van der Waals surface area contributed by atoms with Crippen LogP contribution in [0.15, 0.2) is 60.7 Å². The zero-order valence-corrected chi connectivity index (χ0v) is 15.5. The highest BCUT2D eigenvalue weighted by molar-refractivity contribution is 7.99. The van der Waals surface area contributed by atoms with E-state index in [2.05, 4.69) is 12.1 Å². The van der Waals surface area contributed by atoms with Gasteiger partial charge in [-0.05, 0) is 18.4 Å². The largest absolute Gasteiger partial charge is 0.299 e. The number of carbonyl (C=O) groups is 2. The Balaban J connectivity index is 1.47. The molecule has 2 nitrogen and oxygen atoms in total. The summed E-state index contributed by atoms with van der Waals surface area (Å²) in [4.78, 5) is 23.8. The fraction of sp³-hybridized carbons (Fsp3) is 0.364. The summed E-state index contributed by atoms with van der Waals surface area (Å²) in [5.74, 6) is 2.05. The highest BCUT2D eigenvalue weighted by Crippen LogP contribution is 2.14. The van der Waals surface area contributed by atoms with Crippen molar-refractivity contribution in [1.29, 1.82) is 0 Å². The van der Waals surface area contributed by atoms with E-state index in [9.17, 15) is 9.59 Å². The van der Waals surface area contributed by atoms with Gasteiger partial charge in [0.15, 0.2) is 5.78 Å². The molecule has 2 aromatic rings. The predicted molar refractivity (Wildman–Crippen MR) is 106 cm³/mol. The van der Waals surface area contributed by atoms with Gasteiger partial charge in [0.2, 0.25) is 0 Å². The average Bonchev–Trinajstić information content (AvgIpc) is 2.66. The van der Waals surface area contributed by atoms with Gasteiger partial charge in [-0.1, -0.05) is 73.5 Å². The lowest BCUT2D eigenvalue weighted by atomic mass is 10.0. The molecule has 3 heteroatoms. The third kappa shape index (κ3) is 8.17. The molecule has 0 N–H and O–H groups in total. The molecule has 2 rings (SSSR count). The number of carbonyl (C=O) groups excluding carboxylic acids is 2. The van der Waals surface area contributed by atoms with Crippen molar-refractivity contribution in [3.8, 4) is 0 Å². The lowest BCUT2D eigenvalue weighted by Gasteiger charge is -2.03. The summed E-state index contributed by atoms with van der Waals surface area (Å²) in [6.07, 6.45) is 5.15. The summed E-state index contributed by atoms with van der Waals surface area (Å²) < 4.78 is 0. The Bertz CT molecular complexity index is 638. The minimum Gasteiger partial charge on any atom is -0.299 e. The molecule has 132 valence electrons. The smallest absolute Gasteiger partial charge is 0.162 e. The Morgan fingerprint density at radius 3 is 2.00 bits per heavy atom.